The van der Waals surface area contributed by atoms with Crippen LogP contribution in [0.15, 0.2) is 22.7 Å². The molecule has 0 amide bonds. The maximum Gasteiger partial charge on any atom is 0.127 e. The van der Waals surface area contributed by atoms with E-state index in [-0.39, 0.29) is 5.82 Å². The summed E-state index contributed by atoms with van der Waals surface area (Å²) in [5.41, 5.74) is 0.751. The summed E-state index contributed by atoms with van der Waals surface area (Å²) in [6.07, 6.45) is 4.79. The predicted octanol–water partition coefficient (Wildman–Crippen LogP) is 4.57. The van der Waals surface area contributed by atoms with Crippen molar-refractivity contribution in [3.8, 4) is 0 Å². The molecular formula is C14H18BrClFN. The molecule has 0 radical (unpaired) electrons. The molecule has 4 heteroatoms. The Hall–Kier alpha value is -0.120. The largest absolute Gasteiger partial charge is 0.295 e. The van der Waals surface area contributed by atoms with Crippen LogP contribution in [0.1, 0.15) is 31.2 Å². The lowest BCUT2D eigenvalue weighted by atomic mass is 10.1. The molecule has 1 aromatic rings. The molecular weight excluding hydrogens is 317 g/mol. The van der Waals surface area contributed by atoms with Crippen molar-refractivity contribution in [3.05, 3.63) is 34.1 Å². The molecule has 0 spiro atoms. The number of hydrogen-bond acceptors (Lipinski definition) is 1. The molecule has 100 valence electrons. The Kier molecular flexibility index (Phi) is 5.46. The third-order valence-corrected chi connectivity index (χ3v) is 4.41. The quantitative estimate of drug-likeness (QED) is 0.732. The summed E-state index contributed by atoms with van der Waals surface area (Å²) in [6.45, 7) is 1.67. The standard InChI is InChI=1S/C14H18BrClFN/c15-12-5-6-14(17)11(8-12)10-18-7-3-1-2-4-13(18)9-16/h5-6,8,13H,1-4,7,9-10H2. The second kappa shape index (κ2) is 6.88. The van der Waals surface area contributed by atoms with Crippen molar-refractivity contribution in [1.82, 2.24) is 4.90 Å². The van der Waals surface area contributed by atoms with E-state index in [4.69, 9.17) is 11.6 Å². The predicted molar refractivity (Wildman–Crippen MR) is 77.5 cm³/mol. The summed E-state index contributed by atoms with van der Waals surface area (Å²) in [5.74, 6) is 0.506. The van der Waals surface area contributed by atoms with Gasteiger partial charge in [0.1, 0.15) is 5.82 Å². The lowest BCUT2D eigenvalue weighted by Crippen LogP contribution is -2.35. The molecule has 1 atom stereocenters. The van der Waals surface area contributed by atoms with E-state index < -0.39 is 0 Å². The van der Waals surface area contributed by atoms with Crippen LogP contribution in [0.3, 0.4) is 0 Å². The van der Waals surface area contributed by atoms with Crippen molar-refractivity contribution in [2.24, 2.45) is 0 Å². The third kappa shape index (κ3) is 3.69. The number of likely N-dealkylation sites (tertiary alicyclic amines) is 1. The molecule has 0 bridgehead atoms. The monoisotopic (exact) mass is 333 g/mol. The molecule has 0 N–H and O–H groups in total. The number of rotatable bonds is 3. The summed E-state index contributed by atoms with van der Waals surface area (Å²) >= 11 is 9.44. The maximum atomic E-state index is 13.8. The van der Waals surface area contributed by atoms with Gasteiger partial charge in [0.25, 0.3) is 0 Å². The van der Waals surface area contributed by atoms with E-state index in [2.05, 4.69) is 20.8 Å². The van der Waals surface area contributed by atoms with Gasteiger partial charge in [0.15, 0.2) is 0 Å². The SMILES string of the molecule is Fc1ccc(Br)cc1CN1CCCCCC1CCl. The number of benzene rings is 1. The van der Waals surface area contributed by atoms with Gasteiger partial charge in [-0.15, -0.1) is 11.6 Å². The zero-order valence-corrected chi connectivity index (χ0v) is 12.7. The van der Waals surface area contributed by atoms with Crippen LogP contribution in [0.2, 0.25) is 0 Å². The van der Waals surface area contributed by atoms with Gasteiger partial charge in [0.2, 0.25) is 0 Å². The van der Waals surface area contributed by atoms with Gasteiger partial charge < -0.3 is 0 Å². The fourth-order valence-corrected chi connectivity index (χ4v) is 3.26. The first-order chi connectivity index (χ1) is 8.70. The fourth-order valence-electron chi connectivity index (χ4n) is 2.50. The molecule has 2 rings (SSSR count). The Morgan fingerprint density at radius 1 is 1.33 bits per heavy atom. The maximum absolute atomic E-state index is 13.8. The van der Waals surface area contributed by atoms with Gasteiger partial charge in [-0.3, -0.25) is 4.90 Å². The van der Waals surface area contributed by atoms with Gasteiger partial charge in [-0.05, 0) is 37.6 Å². The van der Waals surface area contributed by atoms with Crippen LogP contribution in [-0.4, -0.2) is 23.4 Å². The van der Waals surface area contributed by atoms with E-state index >= 15 is 0 Å². The number of alkyl halides is 1. The summed E-state index contributed by atoms with van der Waals surface area (Å²) < 4.78 is 14.7. The van der Waals surface area contributed by atoms with E-state index in [1.54, 1.807) is 6.07 Å². The number of hydrogen-bond donors (Lipinski definition) is 0. The van der Waals surface area contributed by atoms with Crippen molar-refractivity contribution < 1.29 is 4.39 Å². The normalized spacial score (nSPS) is 21.8. The van der Waals surface area contributed by atoms with Crippen LogP contribution in [0.4, 0.5) is 4.39 Å². The molecule has 1 unspecified atom stereocenters. The van der Waals surface area contributed by atoms with Gasteiger partial charge >= 0.3 is 0 Å². The number of nitrogens with zero attached hydrogens (tertiary/aromatic N) is 1. The minimum absolute atomic E-state index is 0.129. The summed E-state index contributed by atoms with van der Waals surface area (Å²) in [6, 6.07) is 5.51. The fraction of sp³-hybridized carbons (Fsp3) is 0.571. The highest BCUT2D eigenvalue weighted by Crippen LogP contribution is 2.23. The van der Waals surface area contributed by atoms with Crippen molar-refractivity contribution in [2.75, 3.05) is 12.4 Å². The summed E-state index contributed by atoms with van der Waals surface area (Å²) in [5, 5.41) is 0. The lowest BCUT2D eigenvalue weighted by Gasteiger charge is -2.28. The minimum Gasteiger partial charge on any atom is -0.295 e. The minimum atomic E-state index is -0.129. The van der Waals surface area contributed by atoms with Crippen LogP contribution in [-0.2, 0) is 6.54 Å². The lowest BCUT2D eigenvalue weighted by molar-refractivity contribution is 0.204. The van der Waals surface area contributed by atoms with Crippen molar-refractivity contribution in [2.45, 2.75) is 38.3 Å². The van der Waals surface area contributed by atoms with Gasteiger partial charge in [0, 0.05) is 28.5 Å². The van der Waals surface area contributed by atoms with Gasteiger partial charge in [-0.2, -0.15) is 0 Å². The van der Waals surface area contributed by atoms with Crippen LogP contribution in [0.25, 0.3) is 0 Å². The first-order valence-corrected chi connectivity index (χ1v) is 7.77. The van der Waals surface area contributed by atoms with Crippen LogP contribution in [0, 0.1) is 5.82 Å². The first-order valence-electron chi connectivity index (χ1n) is 6.44. The van der Waals surface area contributed by atoms with Crippen LogP contribution < -0.4 is 0 Å². The highest BCUT2D eigenvalue weighted by atomic mass is 79.9. The Balaban J connectivity index is 2.12. The first kappa shape index (κ1) is 14.3. The molecule has 1 fully saturated rings. The average Bonchev–Trinajstić information content (AvgIpc) is 2.59. The second-order valence-electron chi connectivity index (χ2n) is 4.86. The van der Waals surface area contributed by atoms with Crippen molar-refractivity contribution in [3.63, 3.8) is 0 Å². The van der Waals surface area contributed by atoms with Crippen LogP contribution in [0.5, 0.6) is 0 Å². The van der Waals surface area contributed by atoms with Crippen molar-refractivity contribution in [1.29, 1.82) is 0 Å². The smallest absolute Gasteiger partial charge is 0.127 e. The third-order valence-electron chi connectivity index (χ3n) is 3.56. The molecule has 18 heavy (non-hydrogen) atoms. The van der Waals surface area contributed by atoms with E-state index in [9.17, 15) is 4.39 Å². The van der Waals surface area contributed by atoms with Gasteiger partial charge in [0.05, 0.1) is 0 Å². The molecule has 1 heterocycles. The van der Waals surface area contributed by atoms with Gasteiger partial charge in [-0.1, -0.05) is 28.8 Å². The second-order valence-corrected chi connectivity index (χ2v) is 6.09. The zero-order chi connectivity index (χ0) is 13.0. The zero-order valence-electron chi connectivity index (χ0n) is 10.3. The summed E-state index contributed by atoms with van der Waals surface area (Å²) in [7, 11) is 0. The Morgan fingerprint density at radius 3 is 2.94 bits per heavy atom. The van der Waals surface area contributed by atoms with E-state index in [0.29, 0.717) is 18.5 Å². The van der Waals surface area contributed by atoms with E-state index in [1.807, 2.05) is 6.07 Å². The molecule has 1 aliphatic heterocycles. The highest BCUT2D eigenvalue weighted by molar-refractivity contribution is 9.10. The Morgan fingerprint density at radius 2 is 2.17 bits per heavy atom. The average molecular weight is 335 g/mol. The molecule has 0 aliphatic carbocycles. The molecule has 1 saturated heterocycles. The Bertz CT molecular complexity index is 399. The number of halogens is 3. The van der Waals surface area contributed by atoms with E-state index in [0.717, 1.165) is 23.0 Å². The molecule has 0 saturated carbocycles. The van der Waals surface area contributed by atoms with Gasteiger partial charge in [-0.25, -0.2) is 4.39 Å². The topological polar surface area (TPSA) is 3.24 Å². The van der Waals surface area contributed by atoms with E-state index in [1.165, 1.54) is 25.3 Å². The Labute approximate surface area is 121 Å². The van der Waals surface area contributed by atoms with Crippen LogP contribution >= 0.6 is 27.5 Å². The van der Waals surface area contributed by atoms with Crippen molar-refractivity contribution >= 4 is 27.5 Å². The highest BCUT2D eigenvalue weighted by Gasteiger charge is 2.21. The molecule has 1 aliphatic rings. The molecule has 0 aromatic heterocycles. The molecule has 1 aromatic carbocycles. The molecule has 1 nitrogen and oxygen atoms in total. The summed E-state index contributed by atoms with van der Waals surface area (Å²) in [4.78, 5) is 2.32.